The van der Waals surface area contributed by atoms with Gasteiger partial charge in [-0.3, -0.25) is 0 Å². The van der Waals surface area contributed by atoms with Crippen molar-refractivity contribution in [2.45, 2.75) is 33.8 Å². The number of rotatable bonds is 5. The lowest BCUT2D eigenvalue weighted by Crippen LogP contribution is -2.14. The van der Waals surface area contributed by atoms with Gasteiger partial charge < -0.3 is 10.1 Å². The van der Waals surface area contributed by atoms with Crippen LogP contribution in [-0.4, -0.2) is 27.6 Å². The molecule has 0 amide bonds. The van der Waals surface area contributed by atoms with Crippen molar-refractivity contribution < 1.29 is 4.74 Å². The summed E-state index contributed by atoms with van der Waals surface area (Å²) in [7, 11) is 0. The molecule has 0 unspecified atom stereocenters. The van der Waals surface area contributed by atoms with Gasteiger partial charge >= 0.3 is 6.01 Å². The van der Waals surface area contributed by atoms with Gasteiger partial charge in [0.2, 0.25) is 11.2 Å². The van der Waals surface area contributed by atoms with Gasteiger partial charge in [0.1, 0.15) is 0 Å². The minimum absolute atomic E-state index is 0.0106. The van der Waals surface area contributed by atoms with E-state index in [2.05, 4.69) is 34.1 Å². The molecule has 5 nitrogen and oxygen atoms in total. The first kappa shape index (κ1) is 13.0. The molecule has 1 N–H and O–H groups in total. The summed E-state index contributed by atoms with van der Waals surface area (Å²) in [5, 5.41) is 3.21. The van der Waals surface area contributed by atoms with Crippen LogP contribution in [0, 0.1) is 5.92 Å². The van der Waals surface area contributed by atoms with Crippen molar-refractivity contribution in [2.24, 2.45) is 5.92 Å². The summed E-state index contributed by atoms with van der Waals surface area (Å²) in [5.41, 5.74) is 0. The van der Waals surface area contributed by atoms with E-state index in [1.807, 2.05) is 13.8 Å². The van der Waals surface area contributed by atoms with Gasteiger partial charge in [0.15, 0.2) is 0 Å². The number of aromatic nitrogens is 3. The maximum absolute atomic E-state index is 5.77. The average molecular weight is 245 g/mol. The monoisotopic (exact) mass is 244 g/mol. The normalized spacial score (nSPS) is 10.9. The molecular formula is C10H17ClN4O. The zero-order chi connectivity index (χ0) is 12.1. The molecule has 1 aromatic heterocycles. The van der Waals surface area contributed by atoms with Gasteiger partial charge in [-0.05, 0) is 31.4 Å². The minimum Gasteiger partial charge on any atom is -0.461 e. The van der Waals surface area contributed by atoms with E-state index < -0.39 is 0 Å². The molecule has 0 aliphatic rings. The highest BCUT2D eigenvalue weighted by atomic mass is 35.5. The molecule has 0 aliphatic carbocycles. The van der Waals surface area contributed by atoms with Gasteiger partial charge in [0.25, 0.3) is 0 Å². The molecule has 90 valence electrons. The van der Waals surface area contributed by atoms with Crippen LogP contribution in [0.25, 0.3) is 0 Å². The lowest BCUT2D eigenvalue weighted by atomic mass is 10.2. The second kappa shape index (κ2) is 5.84. The topological polar surface area (TPSA) is 59.9 Å². The fraction of sp³-hybridized carbons (Fsp3) is 0.700. The Bertz CT molecular complexity index is 344. The second-order valence-electron chi connectivity index (χ2n) is 4.15. The first-order valence-electron chi connectivity index (χ1n) is 5.29. The summed E-state index contributed by atoms with van der Waals surface area (Å²) in [6, 6.07) is 0.251. The van der Waals surface area contributed by atoms with Crippen molar-refractivity contribution >= 4 is 17.5 Å². The Balaban J connectivity index is 2.73. The standard InChI is InChI=1S/C10H17ClN4O/c1-6(2)5-12-9-13-8(11)14-10(15-9)16-7(3)4/h6-7H,5H2,1-4H3,(H,12,13,14,15). The SMILES string of the molecule is CC(C)CNc1nc(Cl)nc(OC(C)C)n1. The smallest absolute Gasteiger partial charge is 0.322 e. The van der Waals surface area contributed by atoms with Crippen LogP contribution in [0.4, 0.5) is 5.95 Å². The molecule has 16 heavy (non-hydrogen) atoms. The van der Waals surface area contributed by atoms with Gasteiger partial charge in [-0.15, -0.1) is 0 Å². The first-order chi connectivity index (χ1) is 7.47. The second-order valence-corrected chi connectivity index (χ2v) is 4.49. The van der Waals surface area contributed by atoms with Gasteiger partial charge in [-0.2, -0.15) is 15.0 Å². The molecule has 1 heterocycles. The molecule has 0 fully saturated rings. The van der Waals surface area contributed by atoms with Crippen molar-refractivity contribution in [1.82, 2.24) is 15.0 Å². The highest BCUT2D eigenvalue weighted by molar-refractivity contribution is 6.28. The average Bonchev–Trinajstić information content (AvgIpc) is 2.12. The third-order valence-corrected chi connectivity index (χ3v) is 1.77. The fourth-order valence-electron chi connectivity index (χ4n) is 0.970. The summed E-state index contributed by atoms with van der Waals surface area (Å²) in [6.07, 6.45) is 0.0106. The summed E-state index contributed by atoms with van der Waals surface area (Å²) in [5.74, 6) is 0.953. The van der Waals surface area contributed by atoms with E-state index >= 15 is 0 Å². The quantitative estimate of drug-likeness (QED) is 0.862. The largest absolute Gasteiger partial charge is 0.461 e. The van der Waals surface area contributed by atoms with Crippen molar-refractivity contribution in [1.29, 1.82) is 0 Å². The molecule has 0 radical (unpaired) electrons. The summed E-state index contributed by atoms with van der Waals surface area (Å²) < 4.78 is 5.36. The van der Waals surface area contributed by atoms with E-state index in [-0.39, 0.29) is 17.4 Å². The number of nitrogens with one attached hydrogen (secondary N) is 1. The van der Waals surface area contributed by atoms with E-state index in [4.69, 9.17) is 16.3 Å². The lowest BCUT2D eigenvalue weighted by molar-refractivity contribution is 0.222. The number of ether oxygens (including phenoxy) is 1. The van der Waals surface area contributed by atoms with E-state index in [0.29, 0.717) is 11.9 Å². The Kier molecular flexibility index (Phi) is 4.73. The number of anilines is 1. The molecule has 6 heteroatoms. The third-order valence-electron chi connectivity index (χ3n) is 1.60. The Morgan fingerprint density at radius 1 is 1.19 bits per heavy atom. The Morgan fingerprint density at radius 2 is 1.88 bits per heavy atom. The Hall–Kier alpha value is -1.10. The summed E-state index contributed by atoms with van der Waals surface area (Å²) in [6.45, 7) is 8.78. The molecule has 0 spiro atoms. The van der Waals surface area contributed by atoms with Crippen LogP contribution in [0.2, 0.25) is 5.28 Å². The van der Waals surface area contributed by atoms with Crippen molar-refractivity contribution in [3.8, 4) is 6.01 Å². The van der Waals surface area contributed by atoms with E-state index in [1.165, 1.54) is 0 Å². The lowest BCUT2D eigenvalue weighted by Gasteiger charge is -2.10. The number of hydrogen-bond donors (Lipinski definition) is 1. The minimum atomic E-state index is 0.0106. The van der Waals surface area contributed by atoms with E-state index in [9.17, 15) is 0 Å². The molecule has 1 rings (SSSR count). The summed E-state index contributed by atoms with van der Waals surface area (Å²) in [4.78, 5) is 12.0. The molecule has 0 saturated heterocycles. The molecule has 0 atom stereocenters. The summed E-state index contributed by atoms with van der Waals surface area (Å²) >= 11 is 5.77. The zero-order valence-electron chi connectivity index (χ0n) is 9.99. The highest BCUT2D eigenvalue weighted by Gasteiger charge is 2.07. The maximum atomic E-state index is 5.77. The van der Waals surface area contributed by atoms with Crippen LogP contribution in [0.5, 0.6) is 6.01 Å². The number of halogens is 1. The Morgan fingerprint density at radius 3 is 2.44 bits per heavy atom. The third kappa shape index (κ3) is 4.61. The molecule has 1 aromatic rings. The molecule has 0 aromatic carbocycles. The maximum Gasteiger partial charge on any atom is 0.322 e. The van der Waals surface area contributed by atoms with Crippen LogP contribution in [0.15, 0.2) is 0 Å². The number of nitrogens with zero attached hydrogens (tertiary/aromatic N) is 3. The van der Waals surface area contributed by atoms with Crippen LogP contribution in [0.1, 0.15) is 27.7 Å². The van der Waals surface area contributed by atoms with Gasteiger partial charge in [-0.1, -0.05) is 13.8 Å². The fourth-order valence-corrected chi connectivity index (χ4v) is 1.12. The van der Waals surface area contributed by atoms with Crippen molar-refractivity contribution in [3.05, 3.63) is 5.28 Å². The van der Waals surface area contributed by atoms with Crippen LogP contribution in [-0.2, 0) is 0 Å². The Labute approximate surface area is 101 Å². The van der Waals surface area contributed by atoms with Gasteiger partial charge in [0, 0.05) is 6.54 Å². The van der Waals surface area contributed by atoms with Crippen LogP contribution in [0.3, 0.4) is 0 Å². The molecule has 0 saturated carbocycles. The van der Waals surface area contributed by atoms with Crippen molar-refractivity contribution in [2.75, 3.05) is 11.9 Å². The van der Waals surface area contributed by atoms with Gasteiger partial charge in [0.05, 0.1) is 6.10 Å². The van der Waals surface area contributed by atoms with Crippen LogP contribution >= 0.6 is 11.6 Å². The predicted molar refractivity (Wildman–Crippen MR) is 63.9 cm³/mol. The van der Waals surface area contributed by atoms with Gasteiger partial charge in [-0.25, -0.2) is 0 Å². The highest BCUT2D eigenvalue weighted by Crippen LogP contribution is 2.12. The van der Waals surface area contributed by atoms with Crippen LogP contribution < -0.4 is 10.1 Å². The first-order valence-corrected chi connectivity index (χ1v) is 5.67. The van der Waals surface area contributed by atoms with Crippen molar-refractivity contribution in [3.63, 3.8) is 0 Å². The zero-order valence-corrected chi connectivity index (χ0v) is 10.7. The molecule has 0 aliphatic heterocycles. The molecular weight excluding hydrogens is 228 g/mol. The predicted octanol–water partition coefficient (Wildman–Crippen LogP) is 2.38. The number of hydrogen-bond acceptors (Lipinski definition) is 5. The van der Waals surface area contributed by atoms with E-state index in [1.54, 1.807) is 0 Å². The van der Waals surface area contributed by atoms with E-state index in [0.717, 1.165) is 6.54 Å². The molecule has 0 bridgehead atoms.